The predicted molar refractivity (Wildman–Crippen MR) is 83.6 cm³/mol. The van der Waals surface area contributed by atoms with Gasteiger partial charge in [-0.3, -0.25) is 9.59 Å². The molecule has 21 heavy (non-hydrogen) atoms. The third-order valence-corrected chi connectivity index (χ3v) is 4.76. The fraction of sp³-hybridized carbons (Fsp3) is 0.556. The Hall–Kier alpha value is -1.64. The molecule has 0 bridgehead atoms. The summed E-state index contributed by atoms with van der Waals surface area (Å²) < 4.78 is 0. The molecule has 1 fully saturated rings. The van der Waals surface area contributed by atoms with Crippen LogP contribution in [0, 0.1) is 11.3 Å². The van der Waals surface area contributed by atoms with Crippen LogP contribution < -0.4 is 5.32 Å². The third kappa shape index (κ3) is 2.50. The molecule has 0 saturated heterocycles. The van der Waals surface area contributed by atoms with E-state index >= 15 is 0 Å². The average Bonchev–Trinajstić information content (AvgIpc) is 2.72. The summed E-state index contributed by atoms with van der Waals surface area (Å²) in [4.78, 5) is 24.6. The smallest absolute Gasteiger partial charge is 0.229 e. The topological polar surface area (TPSA) is 46.2 Å². The minimum absolute atomic E-state index is 0.0229. The number of amides is 1. The SMILES string of the molecule is CC(C)(C)C(=O)Nc1ccc2c(c1)C(=O)C1CCCCC21. The molecule has 1 N–H and O–H groups in total. The van der Waals surface area contributed by atoms with Gasteiger partial charge in [0, 0.05) is 22.6 Å². The van der Waals surface area contributed by atoms with Crippen LogP contribution in [0.25, 0.3) is 0 Å². The summed E-state index contributed by atoms with van der Waals surface area (Å²) >= 11 is 0. The standard InChI is InChI=1S/C18H23NO2/c1-18(2,3)17(21)19-11-8-9-13-12-6-4-5-7-14(12)16(20)15(13)10-11/h8-10,12,14H,4-7H2,1-3H3,(H,19,21). The number of rotatable bonds is 1. The van der Waals surface area contributed by atoms with E-state index in [0.29, 0.717) is 5.92 Å². The molecule has 0 aliphatic heterocycles. The van der Waals surface area contributed by atoms with E-state index in [1.807, 2.05) is 39.0 Å². The highest BCUT2D eigenvalue weighted by Gasteiger charge is 2.40. The number of Topliss-reactive ketones (excluding diaryl/α,β-unsaturated/α-hetero) is 1. The Labute approximate surface area is 126 Å². The van der Waals surface area contributed by atoms with Crippen molar-refractivity contribution in [1.82, 2.24) is 0 Å². The molecule has 2 atom stereocenters. The van der Waals surface area contributed by atoms with Crippen molar-refractivity contribution in [2.45, 2.75) is 52.4 Å². The quantitative estimate of drug-likeness (QED) is 0.843. The Morgan fingerprint density at radius 2 is 1.81 bits per heavy atom. The Bertz CT molecular complexity index is 598. The zero-order valence-corrected chi connectivity index (χ0v) is 13.0. The third-order valence-electron chi connectivity index (χ3n) is 4.76. The Morgan fingerprint density at radius 3 is 2.48 bits per heavy atom. The van der Waals surface area contributed by atoms with E-state index in [9.17, 15) is 9.59 Å². The fourth-order valence-electron chi connectivity index (χ4n) is 3.51. The van der Waals surface area contributed by atoms with Crippen LogP contribution in [-0.2, 0) is 4.79 Å². The molecular weight excluding hydrogens is 262 g/mol. The van der Waals surface area contributed by atoms with Gasteiger partial charge >= 0.3 is 0 Å². The Morgan fingerprint density at radius 1 is 1.14 bits per heavy atom. The molecule has 3 nitrogen and oxygen atoms in total. The first-order valence-electron chi connectivity index (χ1n) is 7.87. The molecule has 2 unspecified atom stereocenters. The molecule has 112 valence electrons. The molecule has 0 heterocycles. The van der Waals surface area contributed by atoms with E-state index < -0.39 is 5.41 Å². The van der Waals surface area contributed by atoms with Crippen molar-refractivity contribution in [1.29, 1.82) is 0 Å². The first-order chi connectivity index (χ1) is 9.88. The molecule has 3 heteroatoms. The van der Waals surface area contributed by atoms with Gasteiger partial charge < -0.3 is 5.32 Å². The number of nitrogens with one attached hydrogen (secondary N) is 1. The van der Waals surface area contributed by atoms with Crippen LogP contribution in [0.5, 0.6) is 0 Å². The second-order valence-electron chi connectivity index (χ2n) is 7.37. The van der Waals surface area contributed by atoms with Crippen molar-refractivity contribution in [3.8, 4) is 0 Å². The lowest BCUT2D eigenvalue weighted by Gasteiger charge is -2.24. The zero-order chi connectivity index (χ0) is 15.2. The van der Waals surface area contributed by atoms with E-state index in [4.69, 9.17) is 0 Å². The number of fused-ring (bicyclic) bond motifs is 3. The number of anilines is 1. The van der Waals surface area contributed by atoms with Crippen LogP contribution in [0.2, 0.25) is 0 Å². The molecule has 2 aliphatic rings. The molecule has 1 aromatic carbocycles. The van der Waals surface area contributed by atoms with Crippen LogP contribution in [0.15, 0.2) is 18.2 Å². The maximum atomic E-state index is 12.6. The summed E-state index contributed by atoms with van der Waals surface area (Å²) in [7, 11) is 0. The normalized spacial score (nSPS) is 24.4. The van der Waals surface area contributed by atoms with Crippen molar-refractivity contribution in [2.24, 2.45) is 11.3 Å². The number of ketones is 1. The van der Waals surface area contributed by atoms with Gasteiger partial charge in [-0.05, 0) is 36.5 Å². The van der Waals surface area contributed by atoms with E-state index in [-0.39, 0.29) is 17.6 Å². The van der Waals surface area contributed by atoms with Crippen molar-refractivity contribution >= 4 is 17.4 Å². The number of hydrogen-bond donors (Lipinski definition) is 1. The maximum absolute atomic E-state index is 12.6. The highest BCUT2D eigenvalue weighted by Crippen LogP contribution is 2.47. The molecule has 0 radical (unpaired) electrons. The van der Waals surface area contributed by atoms with Crippen molar-refractivity contribution < 1.29 is 9.59 Å². The van der Waals surface area contributed by atoms with Gasteiger partial charge in [-0.2, -0.15) is 0 Å². The molecule has 1 aromatic rings. The first-order valence-corrected chi connectivity index (χ1v) is 7.87. The minimum atomic E-state index is -0.434. The first kappa shape index (κ1) is 14.3. The largest absolute Gasteiger partial charge is 0.326 e. The van der Waals surface area contributed by atoms with Gasteiger partial charge in [-0.15, -0.1) is 0 Å². The van der Waals surface area contributed by atoms with Gasteiger partial charge in [0.25, 0.3) is 0 Å². The molecular formula is C18H23NO2. The van der Waals surface area contributed by atoms with E-state index in [1.165, 1.54) is 12.0 Å². The Balaban J connectivity index is 1.88. The van der Waals surface area contributed by atoms with Crippen molar-refractivity contribution in [3.63, 3.8) is 0 Å². The summed E-state index contributed by atoms with van der Waals surface area (Å²) in [5.74, 6) is 0.850. The molecule has 0 aromatic heterocycles. The summed E-state index contributed by atoms with van der Waals surface area (Å²) in [6.07, 6.45) is 4.52. The van der Waals surface area contributed by atoms with Gasteiger partial charge in [-0.1, -0.05) is 39.7 Å². The van der Waals surface area contributed by atoms with Crippen LogP contribution in [0.3, 0.4) is 0 Å². The van der Waals surface area contributed by atoms with Crippen LogP contribution >= 0.6 is 0 Å². The molecule has 1 saturated carbocycles. The van der Waals surface area contributed by atoms with Gasteiger partial charge in [0.15, 0.2) is 5.78 Å². The average molecular weight is 285 g/mol. The van der Waals surface area contributed by atoms with E-state index in [0.717, 1.165) is 30.5 Å². The van der Waals surface area contributed by atoms with Gasteiger partial charge in [0.2, 0.25) is 5.91 Å². The van der Waals surface area contributed by atoms with Crippen molar-refractivity contribution in [3.05, 3.63) is 29.3 Å². The highest BCUT2D eigenvalue weighted by molar-refractivity contribution is 6.05. The zero-order valence-electron chi connectivity index (χ0n) is 13.0. The van der Waals surface area contributed by atoms with E-state index in [2.05, 4.69) is 5.32 Å². The van der Waals surface area contributed by atoms with Crippen LogP contribution in [0.4, 0.5) is 5.69 Å². The predicted octanol–water partition coefficient (Wildman–Crippen LogP) is 4.14. The number of carbonyl (C=O) groups excluding carboxylic acids is 2. The lowest BCUT2D eigenvalue weighted by Crippen LogP contribution is -2.27. The van der Waals surface area contributed by atoms with Gasteiger partial charge in [0.05, 0.1) is 0 Å². The molecule has 3 rings (SSSR count). The lowest BCUT2D eigenvalue weighted by atomic mass is 9.79. The summed E-state index contributed by atoms with van der Waals surface area (Å²) in [5, 5.41) is 2.92. The maximum Gasteiger partial charge on any atom is 0.229 e. The minimum Gasteiger partial charge on any atom is -0.326 e. The lowest BCUT2D eigenvalue weighted by molar-refractivity contribution is -0.123. The number of carbonyl (C=O) groups is 2. The van der Waals surface area contributed by atoms with Crippen LogP contribution in [-0.4, -0.2) is 11.7 Å². The Kier molecular flexibility index (Phi) is 3.39. The van der Waals surface area contributed by atoms with Crippen LogP contribution in [0.1, 0.15) is 68.3 Å². The van der Waals surface area contributed by atoms with Crippen molar-refractivity contribution in [2.75, 3.05) is 5.32 Å². The second-order valence-corrected chi connectivity index (χ2v) is 7.37. The number of hydrogen-bond acceptors (Lipinski definition) is 2. The summed E-state index contributed by atoms with van der Waals surface area (Å²) in [6, 6.07) is 5.86. The van der Waals surface area contributed by atoms with Gasteiger partial charge in [0.1, 0.15) is 0 Å². The van der Waals surface area contributed by atoms with E-state index in [1.54, 1.807) is 0 Å². The fourth-order valence-corrected chi connectivity index (χ4v) is 3.51. The monoisotopic (exact) mass is 285 g/mol. The highest BCUT2D eigenvalue weighted by atomic mass is 16.2. The summed E-state index contributed by atoms with van der Waals surface area (Å²) in [5.41, 5.74) is 2.33. The molecule has 1 amide bonds. The number of benzene rings is 1. The second kappa shape index (κ2) is 4.97. The summed E-state index contributed by atoms with van der Waals surface area (Å²) in [6.45, 7) is 5.65. The van der Waals surface area contributed by atoms with Gasteiger partial charge in [-0.25, -0.2) is 0 Å². The molecule has 0 spiro atoms. The molecule has 2 aliphatic carbocycles.